The van der Waals surface area contributed by atoms with Crippen LogP contribution < -0.4 is 10.2 Å². The molecule has 3 aliphatic heterocycles. The molecule has 11 heteroatoms. The summed E-state index contributed by atoms with van der Waals surface area (Å²) in [5, 5.41) is 12.0. The van der Waals surface area contributed by atoms with Gasteiger partial charge in [-0.2, -0.15) is 18.4 Å². The summed E-state index contributed by atoms with van der Waals surface area (Å²) in [5.74, 6) is -5.10. The third-order valence-electron chi connectivity index (χ3n) is 7.00. The van der Waals surface area contributed by atoms with Crippen molar-refractivity contribution in [3.05, 3.63) is 29.3 Å². The summed E-state index contributed by atoms with van der Waals surface area (Å²) >= 11 is 0. The van der Waals surface area contributed by atoms with E-state index < -0.39 is 70.1 Å². The fraction of sp³-hybridized carbons (Fsp3) is 0.524. The number of benzene rings is 1. The van der Waals surface area contributed by atoms with Gasteiger partial charge in [-0.1, -0.05) is 0 Å². The number of amides is 2. The van der Waals surface area contributed by atoms with E-state index in [4.69, 9.17) is 14.7 Å². The van der Waals surface area contributed by atoms with Crippen LogP contribution in [-0.2, 0) is 30.0 Å². The first-order chi connectivity index (χ1) is 14.9. The van der Waals surface area contributed by atoms with E-state index >= 15 is 0 Å². The summed E-state index contributed by atoms with van der Waals surface area (Å²) in [7, 11) is 2.79. The average molecular weight is 451 g/mol. The van der Waals surface area contributed by atoms with Gasteiger partial charge in [-0.25, -0.2) is 4.90 Å². The number of esters is 1. The molecular weight excluding hydrogens is 431 g/mol. The van der Waals surface area contributed by atoms with Crippen molar-refractivity contribution in [2.45, 2.75) is 37.3 Å². The molecule has 32 heavy (non-hydrogen) atoms. The second-order valence-corrected chi connectivity index (χ2v) is 8.54. The van der Waals surface area contributed by atoms with E-state index in [9.17, 15) is 27.6 Å². The summed E-state index contributed by atoms with van der Waals surface area (Å²) in [4.78, 5) is 40.1. The Bertz CT molecular complexity index is 1080. The van der Waals surface area contributed by atoms with Crippen molar-refractivity contribution >= 4 is 23.5 Å². The Labute approximate surface area is 181 Å². The van der Waals surface area contributed by atoms with Gasteiger partial charge in [0.1, 0.15) is 5.92 Å². The van der Waals surface area contributed by atoms with Gasteiger partial charge in [0, 0.05) is 0 Å². The molecule has 0 aromatic heterocycles. The Kier molecular flexibility index (Phi) is 4.70. The van der Waals surface area contributed by atoms with E-state index in [0.717, 1.165) is 12.1 Å². The Morgan fingerprint density at radius 2 is 1.81 bits per heavy atom. The summed E-state index contributed by atoms with van der Waals surface area (Å²) in [5.41, 5.74) is -4.83. The Balaban J connectivity index is 1.83. The lowest BCUT2D eigenvalue weighted by atomic mass is 9.61. The fourth-order valence-electron chi connectivity index (χ4n) is 5.81. The van der Waals surface area contributed by atoms with E-state index in [0.29, 0.717) is 11.0 Å². The molecule has 4 rings (SSSR count). The molecule has 1 aromatic carbocycles. The van der Waals surface area contributed by atoms with Gasteiger partial charge < -0.3 is 14.8 Å². The number of imide groups is 1. The first kappa shape index (κ1) is 22.2. The van der Waals surface area contributed by atoms with Gasteiger partial charge in [-0.05, 0) is 39.1 Å². The lowest BCUT2D eigenvalue weighted by molar-refractivity contribution is -0.154. The summed E-state index contributed by atoms with van der Waals surface area (Å²) in [6, 6.07) is 3.48. The number of alkyl halides is 3. The van der Waals surface area contributed by atoms with Crippen LogP contribution in [0.1, 0.15) is 25.0 Å². The van der Waals surface area contributed by atoms with Gasteiger partial charge in [-0.15, -0.1) is 0 Å². The Morgan fingerprint density at radius 1 is 1.22 bits per heavy atom. The van der Waals surface area contributed by atoms with E-state index in [1.165, 1.54) is 13.2 Å². The standard InChI is InChI=1S/C21H20F3N3O5/c1-19-12-13(20(2,32-19)15(26-3)14(19)18(30)31-4)17(29)27(16(12)28)10-6-5-9(8-25)11(7-10)21(22,23)24/h5-7,12-15,26H,1-4H3/t12-,13+,14-,15+,19?,20?/m0/s1. The molecule has 3 aliphatic rings. The van der Waals surface area contributed by atoms with Gasteiger partial charge in [-0.3, -0.25) is 14.4 Å². The molecule has 1 aromatic rings. The highest BCUT2D eigenvalue weighted by Crippen LogP contribution is 2.63. The van der Waals surface area contributed by atoms with Crippen molar-refractivity contribution in [1.82, 2.24) is 5.32 Å². The first-order valence-electron chi connectivity index (χ1n) is 9.81. The Morgan fingerprint density at radius 3 is 2.31 bits per heavy atom. The molecule has 0 spiro atoms. The SMILES string of the molecule is CN[C@@H]1[C@@H](C(=O)OC)C2(C)OC1(C)[C@H]1C(=O)N(c3ccc(C#N)c(C(F)(F)F)c3)C(=O)[C@H]12. The highest BCUT2D eigenvalue weighted by Gasteiger charge is 2.80. The maximum atomic E-state index is 13.4. The van der Waals surface area contributed by atoms with Crippen molar-refractivity contribution in [3.8, 4) is 6.07 Å². The van der Waals surface area contributed by atoms with E-state index in [2.05, 4.69) is 5.32 Å². The van der Waals surface area contributed by atoms with E-state index in [1.54, 1.807) is 20.9 Å². The number of hydrogen-bond donors (Lipinski definition) is 1. The molecule has 6 atom stereocenters. The third kappa shape index (κ3) is 2.59. The highest BCUT2D eigenvalue weighted by molar-refractivity contribution is 6.23. The van der Waals surface area contributed by atoms with Crippen molar-refractivity contribution in [3.63, 3.8) is 0 Å². The number of rotatable bonds is 3. The van der Waals surface area contributed by atoms with Crippen molar-refractivity contribution in [2.24, 2.45) is 17.8 Å². The monoisotopic (exact) mass is 451 g/mol. The number of ether oxygens (including phenoxy) is 2. The normalized spacial score (nSPS) is 35.8. The minimum absolute atomic E-state index is 0.289. The van der Waals surface area contributed by atoms with Crippen LogP contribution in [0.5, 0.6) is 0 Å². The average Bonchev–Trinajstić information content (AvgIpc) is 3.24. The molecule has 3 fully saturated rings. The quantitative estimate of drug-likeness (QED) is 0.550. The number of fused-ring (bicyclic) bond motifs is 5. The van der Waals surface area contributed by atoms with Crippen molar-refractivity contribution in [1.29, 1.82) is 5.26 Å². The maximum Gasteiger partial charge on any atom is 0.417 e. The molecule has 3 saturated heterocycles. The van der Waals surface area contributed by atoms with Crippen molar-refractivity contribution in [2.75, 3.05) is 19.1 Å². The molecule has 3 heterocycles. The number of hydrogen-bond acceptors (Lipinski definition) is 7. The number of anilines is 1. The highest BCUT2D eigenvalue weighted by atomic mass is 19.4. The molecular formula is C21H20F3N3O5. The molecule has 0 saturated carbocycles. The number of carbonyl (C=O) groups excluding carboxylic acids is 3. The minimum Gasteiger partial charge on any atom is -0.469 e. The number of likely N-dealkylation sites (N-methyl/N-ethyl adjacent to an activating group) is 1. The summed E-state index contributed by atoms with van der Waals surface area (Å²) in [6.45, 7) is 3.15. The number of nitriles is 1. The predicted octanol–water partition coefficient (Wildman–Crippen LogP) is 1.62. The molecule has 2 bridgehead atoms. The third-order valence-corrected chi connectivity index (χ3v) is 7.00. The van der Waals surface area contributed by atoms with Crippen LogP contribution in [0, 0.1) is 29.1 Å². The van der Waals surface area contributed by atoms with Crippen LogP contribution in [0.2, 0.25) is 0 Å². The second kappa shape index (κ2) is 6.76. The predicted molar refractivity (Wildman–Crippen MR) is 102 cm³/mol. The van der Waals surface area contributed by atoms with Gasteiger partial charge >= 0.3 is 12.1 Å². The largest absolute Gasteiger partial charge is 0.469 e. The van der Waals surface area contributed by atoms with Gasteiger partial charge in [0.2, 0.25) is 11.8 Å². The topological polar surface area (TPSA) is 109 Å². The zero-order valence-electron chi connectivity index (χ0n) is 17.6. The molecule has 2 unspecified atom stereocenters. The number of carbonyl (C=O) groups is 3. The smallest absolute Gasteiger partial charge is 0.417 e. The van der Waals surface area contributed by atoms with Crippen molar-refractivity contribution < 1.29 is 37.0 Å². The van der Waals surface area contributed by atoms with E-state index in [1.807, 2.05) is 0 Å². The number of nitrogens with one attached hydrogen (secondary N) is 1. The van der Waals surface area contributed by atoms with Crippen LogP contribution in [0.15, 0.2) is 18.2 Å². The van der Waals surface area contributed by atoms with E-state index in [-0.39, 0.29) is 5.69 Å². The van der Waals surface area contributed by atoms with Crippen LogP contribution >= 0.6 is 0 Å². The number of halogens is 3. The summed E-state index contributed by atoms with van der Waals surface area (Å²) in [6.07, 6.45) is -4.85. The zero-order chi connectivity index (χ0) is 23.8. The molecule has 170 valence electrons. The summed E-state index contributed by atoms with van der Waals surface area (Å²) < 4.78 is 51.4. The maximum absolute atomic E-state index is 13.4. The van der Waals surface area contributed by atoms with Crippen LogP contribution in [0.4, 0.5) is 18.9 Å². The van der Waals surface area contributed by atoms with Crippen LogP contribution in [0.25, 0.3) is 0 Å². The van der Waals surface area contributed by atoms with Gasteiger partial charge in [0.15, 0.2) is 0 Å². The lowest BCUT2D eigenvalue weighted by Crippen LogP contribution is -2.61. The van der Waals surface area contributed by atoms with Crippen LogP contribution in [-0.4, -0.2) is 49.2 Å². The Hall–Kier alpha value is -2.97. The molecule has 0 radical (unpaired) electrons. The molecule has 1 N–H and O–H groups in total. The minimum atomic E-state index is -4.85. The second-order valence-electron chi connectivity index (χ2n) is 8.54. The first-order valence-corrected chi connectivity index (χ1v) is 9.81. The van der Waals surface area contributed by atoms with Gasteiger partial charge in [0.05, 0.1) is 59.1 Å². The van der Waals surface area contributed by atoms with Crippen LogP contribution in [0.3, 0.4) is 0 Å². The number of methoxy groups -OCH3 is 1. The fourth-order valence-corrected chi connectivity index (χ4v) is 5.81. The number of nitrogens with zero attached hydrogens (tertiary/aromatic N) is 2. The van der Waals surface area contributed by atoms with Gasteiger partial charge in [0.25, 0.3) is 0 Å². The molecule has 2 amide bonds. The zero-order valence-corrected chi connectivity index (χ0v) is 17.6. The molecule has 0 aliphatic carbocycles. The lowest BCUT2D eigenvalue weighted by Gasteiger charge is -2.39. The molecule has 8 nitrogen and oxygen atoms in total.